The van der Waals surface area contributed by atoms with Gasteiger partial charge in [0.1, 0.15) is 6.61 Å². The molecule has 0 spiro atoms. The Morgan fingerprint density at radius 1 is 1.29 bits per heavy atom. The molecule has 1 saturated heterocycles. The Bertz CT molecular complexity index is 566. The van der Waals surface area contributed by atoms with Crippen LogP contribution in [0.5, 0.6) is 0 Å². The second kappa shape index (κ2) is 6.91. The molecule has 0 aromatic heterocycles. The summed E-state index contributed by atoms with van der Waals surface area (Å²) in [5.41, 5.74) is 0.944. The Hall–Kier alpha value is -1.60. The van der Waals surface area contributed by atoms with Gasteiger partial charge in [-0.05, 0) is 18.4 Å². The van der Waals surface area contributed by atoms with E-state index in [1.54, 1.807) is 4.90 Å². The summed E-state index contributed by atoms with van der Waals surface area (Å²) in [5.74, 6) is 0. The molecule has 1 aromatic rings. The zero-order valence-electron chi connectivity index (χ0n) is 12.0. The first kappa shape index (κ1) is 15.8. The summed E-state index contributed by atoms with van der Waals surface area (Å²) >= 11 is 0. The van der Waals surface area contributed by atoms with Crippen LogP contribution >= 0.6 is 0 Å². The van der Waals surface area contributed by atoms with Gasteiger partial charge in [0.2, 0.25) is 10.0 Å². The summed E-state index contributed by atoms with van der Waals surface area (Å²) in [6.07, 6.45) is 2.01. The SMILES string of the molecule is CS(=O)(=O)NC1CCN(C(=O)OCc2ccccc2)CC1. The molecule has 1 aliphatic rings. The largest absolute Gasteiger partial charge is 0.445 e. The molecular weight excluding hydrogens is 292 g/mol. The van der Waals surface area contributed by atoms with Crippen molar-refractivity contribution in [3.05, 3.63) is 35.9 Å². The average molecular weight is 312 g/mol. The Kier molecular flexibility index (Phi) is 5.19. The van der Waals surface area contributed by atoms with Gasteiger partial charge in [-0.2, -0.15) is 0 Å². The van der Waals surface area contributed by atoms with Crippen molar-refractivity contribution in [2.24, 2.45) is 0 Å². The first-order chi connectivity index (χ1) is 9.94. The third-order valence-electron chi connectivity index (χ3n) is 3.34. The lowest BCUT2D eigenvalue weighted by Crippen LogP contribution is -2.46. The highest BCUT2D eigenvalue weighted by molar-refractivity contribution is 7.88. The number of hydrogen-bond acceptors (Lipinski definition) is 4. The summed E-state index contributed by atoms with van der Waals surface area (Å²) in [6, 6.07) is 9.39. The first-order valence-corrected chi connectivity index (χ1v) is 8.76. The molecule has 0 aliphatic carbocycles. The van der Waals surface area contributed by atoms with Crippen molar-refractivity contribution in [2.75, 3.05) is 19.3 Å². The molecular formula is C14H20N2O4S. The molecule has 0 bridgehead atoms. The van der Waals surface area contributed by atoms with Crippen LogP contribution in [0, 0.1) is 0 Å². The van der Waals surface area contributed by atoms with Gasteiger partial charge in [0.15, 0.2) is 0 Å². The molecule has 1 amide bonds. The van der Waals surface area contributed by atoms with Gasteiger partial charge in [0, 0.05) is 19.1 Å². The zero-order valence-corrected chi connectivity index (χ0v) is 12.8. The number of carbonyl (C=O) groups excluding carboxylic acids is 1. The van der Waals surface area contributed by atoms with E-state index in [2.05, 4.69) is 4.72 Å². The van der Waals surface area contributed by atoms with E-state index < -0.39 is 10.0 Å². The lowest BCUT2D eigenvalue weighted by atomic mass is 10.1. The molecule has 1 fully saturated rings. The summed E-state index contributed by atoms with van der Waals surface area (Å²) in [6.45, 7) is 1.25. The zero-order chi connectivity index (χ0) is 15.3. The maximum atomic E-state index is 11.9. The van der Waals surface area contributed by atoms with E-state index >= 15 is 0 Å². The number of ether oxygens (including phenoxy) is 1. The van der Waals surface area contributed by atoms with E-state index in [9.17, 15) is 13.2 Å². The lowest BCUT2D eigenvalue weighted by molar-refractivity contribution is 0.0866. The van der Waals surface area contributed by atoms with Crippen molar-refractivity contribution in [1.82, 2.24) is 9.62 Å². The van der Waals surface area contributed by atoms with Crippen molar-refractivity contribution < 1.29 is 17.9 Å². The summed E-state index contributed by atoms with van der Waals surface area (Å²) in [7, 11) is -3.19. The number of rotatable bonds is 4. The molecule has 7 heteroatoms. The van der Waals surface area contributed by atoms with Gasteiger partial charge >= 0.3 is 6.09 Å². The second-order valence-corrected chi connectivity index (χ2v) is 6.97. The third kappa shape index (κ3) is 5.35. The van der Waals surface area contributed by atoms with Crippen LogP contribution in [0.25, 0.3) is 0 Å². The number of amides is 1. The number of hydrogen-bond donors (Lipinski definition) is 1. The minimum atomic E-state index is -3.19. The van der Waals surface area contributed by atoms with Crippen molar-refractivity contribution in [1.29, 1.82) is 0 Å². The number of carbonyl (C=O) groups is 1. The fourth-order valence-corrected chi connectivity index (χ4v) is 3.13. The normalized spacial score (nSPS) is 16.7. The van der Waals surface area contributed by atoms with E-state index in [0.717, 1.165) is 11.8 Å². The number of nitrogens with zero attached hydrogens (tertiary/aromatic N) is 1. The molecule has 1 N–H and O–H groups in total. The third-order valence-corrected chi connectivity index (χ3v) is 4.10. The molecule has 6 nitrogen and oxygen atoms in total. The number of benzene rings is 1. The Labute approximate surface area is 125 Å². The van der Waals surface area contributed by atoms with E-state index in [0.29, 0.717) is 25.9 Å². The maximum absolute atomic E-state index is 11.9. The first-order valence-electron chi connectivity index (χ1n) is 6.87. The van der Waals surface area contributed by atoms with Crippen LogP contribution in [0.3, 0.4) is 0 Å². The molecule has 0 atom stereocenters. The smallest absolute Gasteiger partial charge is 0.410 e. The minimum Gasteiger partial charge on any atom is -0.445 e. The monoisotopic (exact) mass is 312 g/mol. The predicted molar refractivity (Wildman–Crippen MR) is 79.2 cm³/mol. The minimum absolute atomic E-state index is 0.0989. The van der Waals surface area contributed by atoms with Gasteiger partial charge in [-0.15, -0.1) is 0 Å². The maximum Gasteiger partial charge on any atom is 0.410 e. The molecule has 116 valence electrons. The number of nitrogens with one attached hydrogen (secondary N) is 1. The van der Waals surface area contributed by atoms with Gasteiger partial charge < -0.3 is 9.64 Å². The molecule has 21 heavy (non-hydrogen) atoms. The average Bonchev–Trinajstić information content (AvgIpc) is 2.45. The van der Waals surface area contributed by atoms with Crippen LogP contribution in [0.2, 0.25) is 0 Å². The van der Waals surface area contributed by atoms with E-state index in [4.69, 9.17) is 4.74 Å². The molecule has 1 heterocycles. The van der Waals surface area contributed by atoms with Crippen LogP contribution in [0.1, 0.15) is 18.4 Å². The van der Waals surface area contributed by atoms with E-state index in [1.165, 1.54) is 0 Å². The quantitative estimate of drug-likeness (QED) is 0.910. The van der Waals surface area contributed by atoms with Crippen molar-refractivity contribution >= 4 is 16.1 Å². The lowest BCUT2D eigenvalue weighted by Gasteiger charge is -2.31. The summed E-state index contributed by atoms with van der Waals surface area (Å²) < 4.78 is 30.1. The van der Waals surface area contributed by atoms with Gasteiger partial charge in [-0.3, -0.25) is 0 Å². The predicted octanol–water partition coefficient (Wildman–Crippen LogP) is 1.34. The van der Waals surface area contributed by atoms with Crippen LogP contribution in [0.4, 0.5) is 4.79 Å². The summed E-state index contributed by atoms with van der Waals surface area (Å²) in [5, 5.41) is 0. The fraction of sp³-hybridized carbons (Fsp3) is 0.500. The van der Waals surface area contributed by atoms with Crippen LogP contribution in [0.15, 0.2) is 30.3 Å². The van der Waals surface area contributed by atoms with Gasteiger partial charge in [0.25, 0.3) is 0 Å². The fourth-order valence-electron chi connectivity index (χ4n) is 2.29. The second-order valence-electron chi connectivity index (χ2n) is 5.19. The summed E-state index contributed by atoms with van der Waals surface area (Å²) in [4.78, 5) is 13.5. The van der Waals surface area contributed by atoms with Gasteiger partial charge in [-0.1, -0.05) is 30.3 Å². The molecule has 0 unspecified atom stereocenters. The Morgan fingerprint density at radius 3 is 2.48 bits per heavy atom. The van der Waals surface area contributed by atoms with Crippen LogP contribution in [-0.2, 0) is 21.4 Å². The Balaban J connectivity index is 1.75. The van der Waals surface area contributed by atoms with Crippen molar-refractivity contribution in [3.63, 3.8) is 0 Å². The van der Waals surface area contributed by atoms with E-state index in [-0.39, 0.29) is 18.7 Å². The molecule has 1 aromatic carbocycles. The van der Waals surface area contributed by atoms with Crippen molar-refractivity contribution in [3.8, 4) is 0 Å². The van der Waals surface area contributed by atoms with Crippen LogP contribution in [-0.4, -0.2) is 44.8 Å². The van der Waals surface area contributed by atoms with Crippen LogP contribution < -0.4 is 4.72 Å². The Morgan fingerprint density at radius 2 is 1.90 bits per heavy atom. The van der Waals surface area contributed by atoms with E-state index in [1.807, 2.05) is 30.3 Å². The standard InChI is InChI=1S/C14H20N2O4S/c1-21(18,19)15-13-7-9-16(10-8-13)14(17)20-11-12-5-3-2-4-6-12/h2-6,13,15H,7-11H2,1H3. The molecule has 0 saturated carbocycles. The number of piperidine rings is 1. The van der Waals surface area contributed by atoms with Gasteiger partial charge in [-0.25, -0.2) is 17.9 Å². The number of likely N-dealkylation sites (tertiary alicyclic amines) is 1. The highest BCUT2D eigenvalue weighted by atomic mass is 32.2. The molecule has 1 aliphatic heterocycles. The highest BCUT2D eigenvalue weighted by Crippen LogP contribution is 2.13. The molecule has 2 rings (SSSR count). The highest BCUT2D eigenvalue weighted by Gasteiger charge is 2.25. The molecule has 0 radical (unpaired) electrons. The topological polar surface area (TPSA) is 75.7 Å². The number of sulfonamides is 1. The van der Waals surface area contributed by atoms with Crippen molar-refractivity contribution in [2.45, 2.75) is 25.5 Å². The van der Waals surface area contributed by atoms with Gasteiger partial charge in [0.05, 0.1) is 6.26 Å².